The number of alkyl halides is 1. The Morgan fingerprint density at radius 2 is 2.25 bits per heavy atom. The number of nitro benzene ring substituents is 1. The molecule has 0 heterocycles. The normalized spacial score (nSPS) is 12.0. The first-order valence-electron chi connectivity index (χ1n) is 5.69. The number of amides is 1. The van der Waals surface area contributed by atoms with E-state index in [2.05, 4.69) is 15.9 Å². The fourth-order valence-electron chi connectivity index (χ4n) is 1.61. The summed E-state index contributed by atoms with van der Waals surface area (Å²) >= 11 is 3.33. The second-order valence-corrected chi connectivity index (χ2v) is 5.45. The maximum atomic E-state index is 13.7. The van der Waals surface area contributed by atoms with E-state index in [0.717, 1.165) is 18.2 Å². The molecule has 0 aromatic heterocycles. The second kappa shape index (κ2) is 7.30. The molecule has 0 aliphatic rings. The van der Waals surface area contributed by atoms with E-state index in [4.69, 9.17) is 4.74 Å². The Kier molecular flexibility index (Phi) is 6.03. The molecule has 1 unspecified atom stereocenters. The Hall–Kier alpha value is -1.54. The van der Waals surface area contributed by atoms with Crippen molar-refractivity contribution in [3.8, 4) is 0 Å². The van der Waals surface area contributed by atoms with Gasteiger partial charge in [-0.2, -0.15) is 0 Å². The third-order valence-electron chi connectivity index (χ3n) is 2.56. The Labute approximate surface area is 123 Å². The number of ether oxygens (including phenoxy) is 1. The minimum atomic E-state index is -0.908. The van der Waals surface area contributed by atoms with E-state index in [9.17, 15) is 19.3 Å². The van der Waals surface area contributed by atoms with Gasteiger partial charge in [0.2, 0.25) is 0 Å². The number of hydrogen-bond donors (Lipinski definition) is 0. The fraction of sp³-hybridized carbons (Fsp3) is 0.417. The number of rotatable bonds is 6. The van der Waals surface area contributed by atoms with Gasteiger partial charge in [-0.25, -0.2) is 4.39 Å². The molecule has 0 saturated carbocycles. The Bertz CT molecular complexity index is 512. The van der Waals surface area contributed by atoms with Crippen molar-refractivity contribution >= 4 is 27.5 Å². The van der Waals surface area contributed by atoms with Gasteiger partial charge < -0.3 is 9.64 Å². The van der Waals surface area contributed by atoms with E-state index in [-0.39, 0.29) is 16.1 Å². The van der Waals surface area contributed by atoms with E-state index < -0.39 is 16.6 Å². The maximum Gasteiger partial charge on any atom is 0.272 e. The summed E-state index contributed by atoms with van der Waals surface area (Å²) in [7, 11) is 3.05. The predicted octanol–water partition coefficient (Wildman–Crippen LogP) is 2.22. The first-order valence-corrected chi connectivity index (χ1v) is 6.60. The maximum absolute atomic E-state index is 13.7. The molecule has 0 aliphatic carbocycles. The number of methoxy groups -OCH3 is 1. The standard InChI is InChI=1S/C12H14BrFN2O4/c1-15(6-8(13)7-20-2)12(17)10-4-3-9(16(18)19)5-11(10)14/h3-5,8H,6-7H2,1-2H3. The summed E-state index contributed by atoms with van der Waals surface area (Å²) in [6.07, 6.45) is 0. The molecule has 8 heteroatoms. The van der Waals surface area contributed by atoms with Crippen molar-refractivity contribution in [3.63, 3.8) is 0 Å². The lowest BCUT2D eigenvalue weighted by Gasteiger charge is -2.20. The molecule has 110 valence electrons. The van der Waals surface area contributed by atoms with E-state index in [0.29, 0.717) is 13.2 Å². The molecular weight excluding hydrogens is 335 g/mol. The summed E-state index contributed by atoms with van der Waals surface area (Å²) in [6.45, 7) is 0.726. The number of benzene rings is 1. The van der Waals surface area contributed by atoms with Crippen LogP contribution in [0.3, 0.4) is 0 Å². The van der Waals surface area contributed by atoms with Gasteiger partial charge in [0.05, 0.1) is 28.0 Å². The smallest absolute Gasteiger partial charge is 0.272 e. The average molecular weight is 349 g/mol. The number of hydrogen-bond acceptors (Lipinski definition) is 4. The van der Waals surface area contributed by atoms with Gasteiger partial charge in [-0.1, -0.05) is 15.9 Å². The first kappa shape index (κ1) is 16.5. The molecular formula is C12H14BrFN2O4. The molecule has 1 rings (SSSR count). The van der Waals surface area contributed by atoms with Gasteiger partial charge in [0.1, 0.15) is 5.82 Å². The summed E-state index contributed by atoms with van der Waals surface area (Å²) in [5, 5.41) is 10.5. The highest BCUT2D eigenvalue weighted by molar-refractivity contribution is 9.09. The molecule has 6 nitrogen and oxygen atoms in total. The minimum absolute atomic E-state index is 0.0810. The summed E-state index contributed by atoms with van der Waals surface area (Å²) in [4.78, 5) is 23.1. The van der Waals surface area contributed by atoms with Crippen LogP contribution in [-0.4, -0.2) is 47.9 Å². The van der Waals surface area contributed by atoms with Crippen LogP contribution in [-0.2, 0) is 4.74 Å². The van der Waals surface area contributed by atoms with Gasteiger partial charge in [-0.3, -0.25) is 14.9 Å². The monoisotopic (exact) mass is 348 g/mol. The summed E-state index contributed by atoms with van der Waals surface area (Å²) in [5.41, 5.74) is -0.588. The topological polar surface area (TPSA) is 72.7 Å². The lowest BCUT2D eigenvalue weighted by molar-refractivity contribution is -0.385. The van der Waals surface area contributed by atoms with Crippen LogP contribution < -0.4 is 0 Å². The highest BCUT2D eigenvalue weighted by Crippen LogP contribution is 2.18. The molecule has 0 aliphatic heterocycles. The molecule has 1 aromatic carbocycles. The first-order chi connectivity index (χ1) is 9.36. The predicted molar refractivity (Wildman–Crippen MR) is 74.6 cm³/mol. The summed E-state index contributed by atoms with van der Waals surface area (Å²) in [5.74, 6) is -1.45. The molecule has 0 N–H and O–H groups in total. The fourth-order valence-corrected chi connectivity index (χ4v) is 2.31. The van der Waals surface area contributed by atoms with Crippen molar-refractivity contribution < 1.29 is 18.8 Å². The third kappa shape index (κ3) is 4.24. The molecule has 0 spiro atoms. The SMILES string of the molecule is COCC(Br)CN(C)C(=O)c1ccc([N+](=O)[O-])cc1F. The lowest BCUT2D eigenvalue weighted by atomic mass is 10.1. The molecule has 1 amide bonds. The zero-order valence-corrected chi connectivity index (χ0v) is 12.6. The minimum Gasteiger partial charge on any atom is -0.383 e. The second-order valence-electron chi connectivity index (χ2n) is 4.16. The van der Waals surface area contributed by atoms with Gasteiger partial charge in [0.15, 0.2) is 0 Å². The number of nitro groups is 1. The van der Waals surface area contributed by atoms with E-state index in [1.807, 2.05) is 0 Å². The molecule has 20 heavy (non-hydrogen) atoms. The number of nitrogens with zero attached hydrogens (tertiary/aromatic N) is 2. The number of carbonyl (C=O) groups is 1. The van der Waals surface area contributed by atoms with Gasteiger partial charge >= 0.3 is 0 Å². The highest BCUT2D eigenvalue weighted by Gasteiger charge is 2.20. The summed E-state index contributed by atoms with van der Waals surface area (Å²) < 4.78 is 18.6. The Morgan fingerprint density at radius 1 is 1.60 bits per heavy atom. The van der Waals surface area contributed by atoms with Crippen LogP contribution in [0.1, 0.15) is 10.4 Å². The number of non-ortho nitro benzene ring substituents is 1. The molecule has 1 aromatic rings. The molecule has 0 radical (unpaired) electrons. The van der Waals surface area contributed by atoms with Crippen molar-refractivity contribution in [2.24, 2.45) is 0 Å². The largest absolute Gasteiger partial charge is 0.383 e. The average Bonchev–Trinajstić information content (AvgIpc) is 2.37. The Balaban J connectivity index is 2.84. The summed E-state index contributed by atoms with van der Waals surface area (Å²) in [6, 6.07) is 2.96. The Morgan fingerprint density at radius 3 is 2.75 bits per heavy atom. The van der Waals surface area contributed by atoms with Gasteiger partial charge in [-0.05, 0) is 6.07 Å². The number of carbonyl (C=O) groups excluding carboxylic acids is 1. The van der Waals surface area contributed by atoms with Crippen LogP contribution in [0.2, 0.25) is 0 Å². The van der Waals surface area contributed by atoms with E-state index in [1.165, 1.54) is 19.1 Å². The van der Waals surface area contributed by atoms with Crippen molar-refractivity contribution in [3.05, 3.63) is 39.7 Å². The van der Waals surface area contributed by atoms with Crippen LogP contribution in [0.5, 0.6) is 0 Å². The zero-order chi connectivity index (χ0) is 15.3. The number of halogens is 2. The molecule has 0 bridgehead atoms. The van der Waals surface area contributed by atoms with Gasteiger partial charge in [-0.15, -0.1) is 0 Å². The van der Waals surface area contributed by atoms with Crippen LogP contribution in [0.25, 0.3) is 0 Å². The lowest BCUT2D eigenvalue weighted by Crippen LogP contribution is -2.34. The van der Waals surface area contributed by atoms with Gasteiger partial charge in [0.25, 0.3) is 11.6 Å². The van der Waals surface area contributed by atoms with Crippen LogP contribution >= 0.6 is 15.9 Å². The van der Waals surface area contributed by atoms with Crippen molar-refractivity contribution in [1.82, 2.24) is 4.90 Å². The third-order valence-corrected chi connectivity index (χ3v) is 3.11. The molecule has 0 saturated heterocycles. The van der Waals surface area contributed by atoms with Crippen LogP contribution in [0.15, 0.2) is 18.2 Å². The van der Waals surface area contributed by atoms with Crippen LogP contribution in [0.4, 0.5) is 10.1 Å². The van der Waals surface area contributed by atoms with Crippen molar-refractivity contribution in [2.45, 2.75) is 4.83 Å². The van der Waals surface area contributed by atoms with Gasteiger partial charge in [0, 0.05) is 26.8 Å². The molecule has 0 fully saturated rings. The van der Waals surface area contributed by atoms with E-state index in [1.54, 1.807) is 0 Å². The van der Waals surface area contributed by atoms with Crippen molar-refractivity contribution in [1.29, 1.82) is 0 Å². The van der Waals surface area contributed by atoms with Crippen molar-refractivity contribution in [2.75, 3.05) is 27.3 Å². The molecule has 1 atom stereocenters. The van der Waals surface area contributed by atoms with Crippen LogP contribution in [0, 0.1) is 15.9 Å². The van der Waals surface area contributed by atoms with E-state index >= 15 is 0 Å². The highest BCUT2D eigenvalue weighted by atomic mass is 79.9. The zero-order valence-electron chi connectivity index (χ0n) is 11.0. The quantitative estimate of drug-likeness (QED) is 0.449.